The van der Waals surface area contributed by atoms with Crippen LogP contribution in [0.25, 0.3) is 0 Å². The van der Waals surface area contributed by atoms with Gasteiger partial charge in [0.25, 0.3) is 0 Å². The summed E-state index contributed by atoms with van der Waals surface area (Å²) in [5.41, 5.74) is -0.113. The summed E-state index contributed by atoms with van der Waals surface area (Å²) < 4.78 is 1.70. The fraction of sp³-hybridized carbons (Fsp3) is 0.857. The molecule has 0 amide bonds. The fourth-order valence-corrected chi connectivity index (χ4v) is 3.59. The predicted molar refractivity (Wildman–Crippen MR) is 85.4 cm³/mol. The summed E-state index contributed by atoms with van der Waals surface area (Å²) in [6, 6.07) is 0.479. The number of nitrogens with zero attached hydrogens (tertiary/aromatic N) is 2. The number of H-pyrrole nitrogens is 1. The highest BCUT2D eigenvalue weighted by atomic mass is 32.2. The van der Waals surface area contributed by atoms with E-state index in [0.717, 1.165) is 31.0 Å². The molecule has 2 unspecified atom stereocenters. The number of rotatable bonds is 10. The van der Waals surface area contributed by atoms with Crippen LogP contribution in [0.2, 0.25) is 0 Å². The zero-order valence-corrected chi connectivity index (χ0v) is 13.9. The van der Waals surface area contributed by atoms with E-state index in [4.69, 9.17) is 0 Å². The number of hydrogen-bond donors (Lipinski definition) is 2. The third-order valence-corrected chi connectivity index (χ3v) is 4.89. The molecule has 0 spiro atoms. The van der Waals surface area contributed by atoms with Crippen molar-refractivity contribution in [3.05, 3.63) is 10.5 Å². The third-order valence-electron chi connectivity index (χ3n) is 3.40. The molecule has 0 bridgehead atoms. The Morgan fingerprint density at radius 1 is 1.30 bits per heavy atom. The molecule has 1 heterocycles. The molecule has 0 aliphatic rings. The van der Waals surface area contributed by atoms with Gasteiger partial charge in [-0.15, -0.1) is 5.10 Å². The zero-order valence-electron chi connectivity index (χ0n) is 13.1. The molecule has 6 heteroatoms. The van der Waals surface area contributed by atoms with Gasteiger partial charge in [-0.25, -0.2) is 9.89 Å². The summed E-state index contributed by atoms with van der Waals surface area (Å²) in [6.07, 6.45) is 4.53. The maximum absolute atomic E-state index is 11.6. The predicted octanol–water partition coefficient (Wildman–Crippen LogP) is 2.63. The Kier molecular flexibility index (Phi) is 7.99. The molecule has 1 rings (SSSR count). The Bertz CT molecular complexity index is 429. The summed E-state index contributed by atoms with van der Waals surface area (Å²) in [4.78, 5) is 11.6. The quantitative estimate of drug-likeness (QED) is 0.652. The lowest BCUT2D eigenvalue weighted by Gasteiger charge is -2.26. The van der Waals surface area contributed by atoms with Crippen molar-refractivity contribution in [1.29, 1.82) is 0 Å². The first-order valence-corrected chi connectivity index (χ1v) is 8.60. The second-order valence-electron chi connectivity index (χ2n) is 4.97. The van der Waals surface area contributed by atoms with Gasteiger partial charge >= 0.3 is 5.69 Å². The van der Waals surface area contributed by atoms with Gasteiger partial charge in [-0.3, -0.25) is 4.57 Å². The van der Waals surface area contributed by atoms with Crippen molar-refractivity contribution in [2.24, 2.45) is 0 Å². The van der Waals surface area contributed by atoms with Crippen LogP contribution in [0, 0.1) is 0 Å². The maximum Gasteiger partial charge on any atom is 0.343 e. The van der Waals surface area contributed by atoms with Crippen LogP contribution in [0.1, 0.15) is 53.4 Å². The lowest BCUT2D eigenvalue weighted by Crippen LogP contribution is -2.38. The molecular weight excluding hydrogens is 272 g/mol. The van der Waals surface area contributed by atoms with Crippen molar-refractivity contribution in [3.8, 4) is 0 Å². The molecule has 116 valence electrons. The van der Waals surface area contributed by atoms with Gasteiger partial charge in [0, 0.05) is 17.8 Å². The second kappa shape index (κ2) is 9.23. The van der Waals surface area contributed by atoms with Crippen molar-refractivity contribution < 1.29 is 0 Å². The van der Waals surface area contributed by atoms with Gasteiger partial charge in [0.2, 0.25) is 0 Å². The molecule has 0 radical (unpaired) electrons. The first kappa shape index (κ1) is 17.3. The second-order valence-corrected chi connectivity index (χ2v) is 6.18. The largest absolute Gasteiger partial charge is 0.343 e. The summed E-state index contributed by atoms with van der Waals surface area (Å²) >= 11 is 1.72. The van der Waals surface area contributed by atoms with E-state index >= 15 is 0 Å². The van der Waals surface area contributed by atoms with Gasteiger partial charge in [0.1, 0.15) is 0 Å². The van der Waals surface area contributed by atoms with Crippen LogP contribution in [0.15, 0.2) is 9.95 Å². The van der Waals surface area contributed by atoms with E-state index in [2.05, 4.69) is 36.3 Å². The van der Waals surface area contributed by atoms with Gasteiger partial charge in [-0.05, 0) is 32.7 Å². The lowest BCUT2D eigenvalue weighted by molar-refractivity contribution is 0.453. The minimum absolute atomic E-state index is 0.113. The molecule has 0 saturated heterocycles. The molecular formula is C14H28N4OS. The van der Waals surface area contributed by atoms with Crippen molar-refractivity contribution in [3.63, 3.8) is 0 Å². The highest BCUT2D eigenvalue weighted by molar-refractivity contribution is 7.99. The number of aromatic nitrogens is 3. The van der Waals surface area contributed by atoms with Gasteiger partial charge in [0.15, 0.2) is 5.16 Å². The molecule has 0 aliphatic carbocycles. The molecule has 2 atom stereocenters. The Hall–Kier alpha value is -0.750. The van der Waals surface area contributed by atoms with Crippen molar-refractivity contribution in [2.45, 2.75) is 76.4 Å². The standard InChI is InChI=1S/C14H28N4OS/c1-5-9-11(15-10-6-2)12(7-3)20-14-17-16-13(19)18(14)8-4/h11-12,15H,5-10H2,1-4H3,(H,16,19). The minimum atomic E-state index is -0.113. The molecule has 0 aromatic carbocycles. The van der Waals surface area contributed by atoms with E-state index in [1.54, 1.807) is 16.3 Å². The van der Waals surface area contributed by atoms with Crippen molar-refractivity contribution >= 4 is 11.8 Å². The molecule has 0 aliphatic heterocycles. The van der Waals surface area contributed by atoms with Crippen LogP contribution in [-0.4, -0.2) is 32.6 Å². The number of aromatic amines is 1. The monoisotopic (exact) mass is 300 g/mol. The van der Waals surface area contributed by atoms with E-state index in [-0.39, 0.29) is 5.69 Å². The van der Waals surface area contributed by atoms with Gasteiger partial charge in [0.05, 0.1) is 0 Å². The SMILES string of the molecule is CCCNC(CCC)C(CC)Sc1n[nH]c(=O)n1CC. The molecule has 2 N–H and O–H groups in total. The zero-order chi connectivity index (χ0) is 15.0. The summed E-state index contributed by atoms with van der Waals surface area (Å²) in [7, 11) is 0. The highest BCUT2D eigenvalue weighted by Gasteiger charge is 2.22. The fourth-order valence-electron chi connectivity index (χ4n) is 2.32. The first-order valence-electron chi connectivity index (χ1n) is 7.73. The maximum atomic E-state index is 11.6. The Morgan fingerprint density at radius 3 is 2.60 bits per heavy atom. The van der Waals surface area contributed by atoms with Crippen molar-refractivity contribution in [1.82, 2.24) is 20.1 Å². The van der Waals surface area contributed by atoms with E-state index in [1.807, 2.05) is 6.92 Å². The summed E-state index contributed by atoms with van der Waals surface area (Å²) in [6.45, 7) is 10.3. The molecule has 0 saturated carbocycles. The lowest BCUT2D eigenvalue weighted by atomic mass is 10.1. The number of hydrogen-bond acceptors (Lipinski definition) is 4. The smallest absolute Gasteiger partial charge is 0.313 e. The van der Waals surface area contributed by atoms with Crippen LogP contribution < -0.4 is 11.0 Å². The third kappa shape index (κ3) is 4.66. The van der Waals surface area contributed by atoms with E-state index in [0.29, 0.717) is 17.8 Å². The molecule has 5 nitrogen and oxygen atoms in total. The van der Waals surface area contributed by atoms with Gasteiger partial charge in [-0.1, -0.05) is 39.0 Å². The van der Waals surface area contributed by atoms with Crippen LogP contribution in [0.3, 0.4) is 0 Å². The van der Waals surface area contributed by atoms with Crippen molar-refractivity contribution in [2.75, 3.05) is 6.54 Å². The molecule has 1 aromatic rings. The Labute approximate surface area is 125 Å². The topological polar surface area (TPSA) is 62.7 Å². The van der Waals surface area contributed by atoms with Crippen LogP contribution >= 0.6 is 11.8 Å². The normalized spacial score (nSPS) is 14.4. The Morgan fingerprint density at radius 2 is 2.05 bits per heavy atom. The van der Waals surface area contributed by atoms with Gasteiger partial charge < -0.3 is 5.32 Å². The summed E-state index contributed by atoms with van der Waals surface area (Å²) in [5.74, 6) is 0. The minimum Gasteiger partial charge on any atom is -0.313 e. The Balaban J connectivity index is 2.79. The number of nitrogens with one attached hydrogen (secondary N) is 2. The molecule has 20 heavy (non-hydrogen) atoms. The average Bonchev–Trinajstić information content (AvgIpc) is 2.81. The first-order chi connectivity index (χ1) is 9.67. The molecule has 0 fully saturated rings. The van der Waals surface area contributed by atoms with E-state index in [1.165, 1.54) is 6.42 Å². The highest BCUT2D eigenvalue weighted by Crippen LogP contribution is 2.27. The summed E-state index contributed by atoms with van der Waals surface area (Å²) in [5, 5.41) is 11.6. The van der Waals surface area contributed by atoms with E-state index < -0.39 is 0 Å². The number of thioether (sulfide) groups is 1. The van der Waals surface area contributed by atoms with E-state index in [9.17, 15) is 4.79 Å². The van der Waals surface area contributed by atoms with Crippen LogP contribution in [0.4, 0.5) is 0 Å². The van der Waals surface area contributed by atoms with Crippen LogP contribution in [0.5, 0.6) is 0 Å². The van der Waals surface area contributed by atoms with Crippen LogP contribution in [-0.2, 0) is 6.54 Å². The average molecular weight is 300 g/mol. The molecule has 1 aromatic heterocycles. The van der Waals surface area contributed by atoms with Gasteiger partial charge in [-0.2, -0.15) is 0 Å².